The Kier molecular flexibility index (Phi) is 5.30. The summed E-state index contributed by atoms with van der Waals surface area (Å²) in [6.45, 7) is 1.61. The maximum atomic E-state index is 13.2. The molecule has 1 heterocycles. The van der Waals surface area contributed by atoms with E-state index in [4.69, 9.17) is 9.15 Å². The summed E-state index contributed by atoms with van der Waals surface area (Å²) in [5.74, 6) is -1.03. The van der Waals surface area contributed by atoms with Gasteiger partial charge in [0.05, 0.1) is 20.8 Å². The topological polar surface area (TPSA) is 126 Å². The number of nitrogens with zero attached hydrogens (tertiary/aromatic N) is 2. The monoisotopic (exact) mass is 464 g/mol. The third-order valence-electron chi connectivity index (χ3n) is 5.41. The molecule has 0 aliphatic heterocycles. The highest BCUT2D eigenvalue weighted by molar-refractivity contribution is 5.89. The van der Waals surface area contributed by atoms with Gasteiger partial charge >= 0.3 is 23.2 Å². The minimum Gasteiger partial charge on any atom is -0.443 e. The zero-order valence-electron chi connectivity index (χ0n) is 17.0. The number of alkyl halides is 3. The Labute approximate surface area is 182 Å². The van der Waals surface area contributed by atoms with Crippen molar-refractivity contribution in [1.29, 1.82) is 0 Å². The second kappa shape index (κ2) is 7.87. The van der Waals surface area contributed by atoms with Crippen LogP contribution < -0.4 is 10.4 Å². The van der Waals surface area contributed by atoms with Crippen molar-refractivity contribution in [1.82, 2.24) is 0 Å². The molecule has 0 bridgehead atoms. The molecule has 0 saturated carbocycles. The molecule has 172 valence electrons. The Morgan fingerprint density at radius 1 is 0.970 bits per heavy atom. The van der Waals surface area contributed by atoms with Gasteiger partial charge in [0, 0.05) is 17.7 Å². The van der Waals surface area contributed by atoms with Gasteiger partial charge < -0.3 is 9.15 Å². The Morgan fingerprint density at radius 3 is 2.09 bits per heavy atom. The van der Waals surface area contributed by atoms with Crippen LogP contribution >= 0.6 is 0 Å². The lowest BCUT2D eigenvalue weighted by molar-refractivity contribution is -0.396. The highest BCUT2D eigenvalue weighted by atomic mass is 19.4. The minimum atomic E-state index is -5.05. The second-order valence-corrected chi connectivity index (χ2v) is 7.65. The van der Waals surface area contributed by atoms with Crippen LogP contribution in [0.4, 0.5) is 24.5 Å². The molecule has 1 aromatic heterocycles. The molecular weight excluding hydrogens is 449 g/mol. The fourth-order valence-electron chi connectivity index (χ4n) is 4.00. The Hall–Kier alpha value is -3.96. The summed E-state index contributed by atoms with van der Waals surface area (Å²) in [6.07, 6.45) is -2.62. The van der Waals surface area contributed by atoms with Crippen LogP contribution in [0.25, 0.3) is 11.0 Å². The van der Waals surface area contributed by atoms with Gasteiger partial charge in [-0.15, -0.1) is 0 Å². The van der Waals surface area contributed by atoms with Crippen LogP contribution in [0.15, 0.2) is 33.5 Å². The molecule has 4 rings (SSSR count). The number of nitro benzene ring substituents is 2. The largest absolute Gasteiger partial charge is 0.443 e. The smallest absolute Gasteiger partial charge is 0.416 e. The van der Waals surface area contributed by atoms with Gasteiger partial charge in [-0.2, -0.15) is 13.2 Å². The SMILES string of the molecule is Cc1cc(Oc2c([N+](=O)[O-])cc(C(F)(F)F)cc2[N+](=O)[O-])c2c3c(c(=O)oc2c1)CCCC3. The normalized spacial score (nSPS) is 13.6. The molecule has 0 N–H and O–H groups in total. The number of halogens is 3. The zero-order valence-corrected chi connectivity index (χ0v) is 17.0. The molecule has 0 amide bonds. The van der Waals surface area contributed by atoms with E-state index < -0.39 is 44.3 Å². The van der Waals surface area contributed by atoms with E-state index in [0.717, 1.165) is 12.8 Å². The molecule has 0 spiro atoms. The Bertz CT molecular complexity index is 1340. The molecule has 33 heavy (non-hydrogen) atoms. The van der Waals surface area contributed by atoms with Crippen molar-refractivity contribution in [2.75, 3.05) is 0 Å². The summed E-state index contributed by atoms with van der Waals surface area (Å²) < 4.78 is 50.6. The average Bonchev–Trinajstić information content (AvgIpc) is 2.72. The van der Waals surface area contributed by atoms with Crippen LogP contribution in [0.3, 0.4) is 0 Å². The summed E-state index contributed by atoms with van der Waals surface area (Å²) in [7, 11) is 0. The second-order valence-electron chi connectivity index (χ2n) is 7.65. The average molecular weight is 464 g/mol. The fourth-order valence-corrected chi connectivity index (χ4v) is 4.00. The van der Waals surface area contributed by atoms with Crippen molar-refractivity contribution in [2.24, 2.45) is 0 Å². The Morgan fingerprint density at radius 2 is 1.55 bits per heavy atom. The molecule has 1 aliphatic rings. The number of ether oxygens (including phenoxy) is 1. The molecule has 0 unspecified atom stereocenters. The number of rotatable bonds is 4. The first-order chi connectivity index (χ1) is 15.5. The van der Waals surface area contributed by atoms with Crippen LogP contribution in [0, 0.1) is 27.2 Å². The molecule has 0 atom stereocenters. The van der Waals surface area contributed by atoms with Crippen molar-refractivity contribution < 1.29 is 32.2 Å². The number of nitro groups is 2. The van der Waals surface area contributed by atoms with E-state index in [0.29, 0.717) is 34.9 Å². The van der Waals surface area contributed by atoms with E-state index in [1.165, 1.54) is 6.07 Å². The molecule has 12 heteroatoms. The van der Waals surface area contributed by atoms with Crippen molar-refractivity contribution in [3.8, 4) is 11.5 Å². The van der Waals surface area contributed by atoms with E-state index >= 15 is 0 Å². The van der Waals surface area contributed by atoms with E-state index in [9.17, 15) is 38.2 Å². The lowest BCUT2D eigenvalue weighted by Crippen LogP contribution is -2.16. The minimum absolute atomic E-state index is 0.0853. The summed E-state index contributed by atoms with van der Waals surface area (Å²) in [5.41, 5.74) is -2.86. The van der Waals surface area contributed by atoms with Gasteiger partial charge in [0.2, 0.25) is 0 Å². The van der Waals surface area contributed by atoms with E-state index in [1.807, 2.05) is 0 Å². The highest BCUT2D eigenvalue weighted by Crippen LogP contribution is 2.46. The number of benzene rings is 2. The number of fused-ring (bicyclic) bond motifs is 3. The van der Waals surface area contributed by atoms with Crippen molar-refractivity contribution in [3.63, 3.8) is 0 Å². The molecule has 0 saturated heterocycles. The predicted molar refractivity (Wildman–Crippen MR) is 109 cm³/mol. The number of hydrogen-bond donors (Lipinski definition) is 0. The van der Waals surface area contributed by atoms with Gasteiger partial charge in [-0.05, 0) is 55.9 Å². The van der Waals surface area contributed by atoms with Crippen LogP contribution in [0.2, 0.25) is 0 Å². The van der Waals surface area contributed by atoms with Gasteiger partial charge in [0.25, 0.3) is 5.75 Å². The predicted octanol–water partition coefficient (Wildman–Crippen LogP) is 5.61. The number of aryl methyl sites for hydroxylation is 2. The van der Waals surface area contributed by atoms with E-state index in [1.54, 1.807) is 13.0 Å². The van der Waals surface area contributed by atoms with Crippen molar-refractivity contribution >= 4 is 22.3 Å². The standard InChI is InChI=1S/C21H15F3N2O7/c1-10-6-16(18-12-4-2-3-5-13(12)20(27)33-17(18)7-10)32-19-14(25(28)29)8-11(21(22,23)24)9-15(19)26(30)31/h6-9H,2-5H2,1H3. The van der Waals surface area contributed by atoms with E-state index in [-0.39, 0.29) is 23.5 Å². The van der Waals surface area contributed by atoms with Gasteiger partial charge in [-0.3, -0.25) is 20.2 Å². The highest BCUT2D eigenvalue weighted by Gasteiger charge is 2.39. The van der Waals surface area contributed by atoms with Crippen molar-refractivity contribution in [3.05, 3.63) is 77.2 Å². The van der Waals surface area contributed by atoms with Gasteiger partial charge in [0.1, 0.15) is 11.3 Å². The molecule has 1 aliphatic carbocycles. The first kappa shape index (κ1) is 22.2. The lowest BCUT2D eigenvalue weighted by atomic mass is 9.90. The molecule has 0 fully saturated rings. The molecule has 0 radical (unpaired) electrons. The van der Waals surface area contributed by atoms with Gasteiger partial charge in [-0.25, -0.2) is 4.79 Å². The third-order valence-corrected chi connectivity index (χ3v) is 5.41. The van der Waals surface area contributed by atoms with Crippen LogP contribution in [-0.4, -0.2) is 9.85 Å². The molecule has 2 aromatic carbocycles. The van der Waals surface area contributed by atoms with Gasteiger partial charge in [-0.1, -0.05) is 0 Å². The summed E-state index contributed by atoms with van der Waals surface area (Å²) in [4.78, 5) is 33.1. The number of hydrogen-bond acceptors (Lipinski definition) is 7. The van der Waals surface area contributed by atoms with Crippen LogP contribution in [0.5, 0.6) is 11.5 Å². The Balaban J connectivity index is 2.01. The van der Waals surface area contributed by atoms with Crippen molar-refractivity contribution in [2.45, 2.75) is 38.8 Å². The van der Waals surface area contributed by atoms with Crippen LogP contribution in [0.1, 0.15) is 35.1 Å². The lowest BCUT2D eigenvalue weighted by Gasteiger charge is -2.19. The first-order valence-electron chi connectivity index (χ1n) is 9.78. The maximum absolute atomic E-state index is 13.2. The van der Waals surface area contributed by atoms with Crippen LogP contribution in [-0.2, 0) is 19.0 Å². The molecule has 3 aromatic rings. The first-order valence-corrected chi connectivity index (χ1v) is 9.78. The summed E-state index contributed by atoms with van der Waals surface area (Å²) >= 11 is 0. The maximum Gasteiger partial charge on any atom is 0.416 e. The zero-order chi connectivity index (χ0) is 24.1. The summed E-state index contributed by atoms with van der Waals surface area (Å²) in [5, 5.41) is 23.4. The quantitative estimate of drug-likeness (QED) is 0.279. The third kappa shape index (κ3) is 3.99. The van der Waals surface area contributed by atoms with E-state index in [2.05, 4.69) is 0 Å². The summed E-state index contributed by atoms with van der Waals surface area (Å²) in [6, 6.07) is 3.36. The van der Waals surface area contributed by atoms with Gasteiger partial charge in [0.15, 0.2) is 0 Å². The molecular formula is C21H15F3N2O7. The molecule has 9 nitrogen and oxygen atoms in total. The fraction of sp³-hybridized carbons (Fsp3) is 0.286.